The van der Waals surface area contributed by atoms with E-state index in [2.05, 4.69) is 47.3 Å². The minimum Gasteiger partial charge on any atom is -0.364 e. The Morgan fingerprint density at radius 1 is 1.23 bits per heavy atom. The van der Waals surface area contributed by atoms with Gasteiger partial charge in [-0.3, -0.25) is 4.79 Å². The van der Waals surface area contributed by atoms with Gasteiger partial charge in [0.05, 0.1) is 0 Å². The molecular weight excluding hydrogens is 326 g/mol. The van der Waals surface area contributed by atoms with Gasteiger partial charge in [-0.15, -0.1) is 0 Å². The van der Waals surface area contributed by atoms with Gasteiger partial charge in [0.2, 0.25) is 0 Å². The van der Waals surface area contributed by atoms with Crippen LogP contribution in [0.3, 0.4) is 0 Å². The van der Waals surface area contributed by atoms with Gasteiger partial charge in [-0.2, -0.15) is 0 Å². The average Bonchev–Trinajstić information content (AvgIpc) is 3.23. The van der Waals surface area contributed by atoms with E-state index in [9.17, 15) is 4.79 Å². The molecule has 0 N–H and O–H groups in total. The van der Waals surface area contributed by atoms with Gasteiger partial charge < -0.3 is 14.3 Å². The van der Waals surface area contributed by atoms with Gasteiger partial charge >= 0.3 is 0 Å². The fourth-order valence-electron chi connectivity index (χ4n) is 4.72. The quantitative estimate of drug-likeness (QED) is 0.848. The first-order valence-corrected chi connectivity index (χ1v) is 9.66. The van der Waals surface area contributed by atoms with Crippen molar-refractivity contribution >= 4 is 5.91 Å². The molecule has 3 heterocycles. The van der Waals surface area contributed by atoms with Crippen LogP contribution in [0.2, 0.25) is 0 Å². The fraction of sp³-hybridized carbons (Fsp3) is 0.524. The monoisotopic (exact) mass is 353 g/mol. The first-order chi connectivity index (χ1) is 12.7. The molecule has 2 fully saturated rings. The number of benzene rings is 1. The van der Waals surface area contributed by atoms with Gasteiger partial charge in [0.15, 0.2) is 5.69 Å². The van der Waals surface area contributed by atoms with Crippen molar-refractivity contribution in [3.8, 4) is 0 Å². The predicted octanol–water partition coefficient (Wildman–Crippen LogP) is 3.41. The third-order valence-electron chi connectivity index (χ3n) is 6.20. The largest absolute Gasteiger partial charge is 0.364 e. The minimum atomic E-state index is -0.00336. The number of aromatic nitrogens is 1. The maximum Gasteiger partial charge on any atom is 0.276 e. The van der Waals surface area contributed by atoms with Gasteiger partial charge in [0, 0.05) is 32.2 Å². The van der Waals surface area contributed by atoms with E-state index >= 15 is 0 Å². The molecule has 0 radical (unpaired) electrons. The third kappa shape index (κ3) is 3.40. The van der Waals surface area contributed by atoms with Gasteiger partial charge in [-0.1, -0.05) is 42.4 Å². The second kappa shape index (κ2) is 7.23. The van der Waals surface area contributed by atoms with E-state index in [0.29, 0.717) is 17.0 Å². The summed E-state index contributed by atoms with van der Waals surface area (Å²) in [4.78, 5) is 17.1. The number of piperidine rings is 2. The van der Waals surface area contributed by atoms with E-state index in [-0.39, 0.29) is 5.91 Å². The number of hydrogen-bond acceptors (Lipinski definition) is 4. The van der Waals surface area contributed by atoms with Gasteiger partial charge in [0.25, 0.3) is 5.91 Å². The molecule has 1 atom stereocenters. The smallest absolute Gasteiger partial charge is 0.276 e. The molecule has 0 aliphatic carbocycles. The summed E-state index contributed by atoms with van der Waals surface area (Å²) in [6.07, 6.45) is 4.82. The highest BCUT2D eigenvalue weighted by Crippen LogP contribution is 2.45. The van der Waals surface area contributed by atoms with Crippen LogP contribution in [0.4, 0.5) is 0 Å². The SMILES string of the molecule is CCN1CC(c2ccccc2)CC2(CCN(C(=O)c3ccon3)CC2)C1. The van der Waals surface area contributed by atoms with Crippen LogP contribution in [0.25, 0.3) is 0 Å². The third-order valence-corrected chi connectivity index (χ3v) is 6.20. The number of likely N-dealkylation sites (tertiary alicyclic amines) is 2. The number of hydrogen-bond donors (Lipinski definition) is 0. The Morgan fingerprint density at radius 2 is 2.00 bits per heavy atom. The molecule has 26 heavy (non-hydrogen) atoms. The molecule has 1 aromatic carbocycles. The van der Waals surface area contributed by atoms with Crippen molar-refractivity contribution in [3.63, 3.8) is 0 Å². The number of likely N-dealkylation sites (N-methyl/N-ethyl adjacent to an activating group) is 1. The van der Waals surface area contributed by atoms with Crippen molar-refractivity contribution in [1.29, 1.82) is 0 Å². The molecule has 1 unspecified atom stereocenters. The zero-order chi connectivity index (χ0) is 18.0. The number of nitrogens with zero attached hydrogens (tertiary/aromatic N) is 3. The highest BCUT2D eigenvalue weighted by atomic mass is 16.5. The molecule has 2 saturated heterocycles. The van der Waals surface area contributed by atoms with E-state index in [4.69, 9.17) is 4.52 Å². The summed E-state index contributed by atoms with van der Waals surface area (Å²) in [5.74, 6) is 0.582. The summed E-state index contributed by atoms with van der Waals surface area (Å²) < 4.78 is 4.82. The van der Waals surface area contributed by atoms with Gasteiger partial charge in [-0.25, -0.2) is 0 Å². The van der Waals surface area contributed by atoms with E-state index in [0.717, 1.165) is 45.6 Å². The maximum atomic E-state index is 12.5. The Balaban J connectivity index is 1.47. The van der Waals surface area contributed by atoms with Gasteiger partial charge in [-0.05, 0) is 42.7 Å². The minimum absolute atomic E-state index is 0.00336. The summed E-state index contributed by atoms with van der Waals surface area (Å²) in [6.45, 7) is 7.26. The number of carbonyl (C=O) groups is 1. The molecule has 2 aliphatic rings. The molecule has 1 aromatic heterocycles. The van der Waals surface area contributed by atoms with Crippen LogP contribution in [-0.4, -0.2) is 53.6 Å². The predicted molar refractivity (Wildman–Crippen MR) is 100.0 cm³/mol. The zero-order valence-corrected chi connectivity index (χ0v) is 15.4. The van der Waals surface area contributed by atoms with Crippen molar-refractivity contribution in [3.05, 3.63) is 53.9 Å². The zero-order valence-electron chi connectivity index (χ0n) is 15.4. The molecule has 0 saturated carbocycles. The molecule has 2 aromatic rings. The Bertz CT molecular complexity index is 721. The second-order valence-corrected chi connectivity index (χ2v) is 7.82. The van der Waals surface area contributed by atoms with Crippen molar-refractivity contribution < 1.29 is 9.32 Å². The lowest BCUT2D eigenvalue weighted by molar-refractivity contribution is 0.0155. The lowest BCUT2D eigenvalue weighted by atomic mass is 9.68. The fourth-order valence-corrected chi connectivity index (χ4v) is 4.72. The molecule has 1 spiro atoms. The lowest BCUT2D eigenvalue weighted by Crippen LogP contribution is -2.52. The standard InChI is InChI=1S/C21H27N3O2/c1-2-23-15-18(17-6-4-3-5-7-17)14-21(16-23)9-11-24(12-10-21)20(25)19-8-13-26-22-19/h3-8,13,18H,2,9-12,14-16H2,1H3. The first kappa shape index (κ1) is 17.3. The van der Waals surface area contributed by atoms with Crippen molar-refractivity contribution in [2.24, 2.45) is 5.41 Å². The van der Waals surface area contributed by atoms with Crippen molar-refractivity contribution in [2.45, 2.75) is 32.1 Å². The Labute approximate surface area is 155 Å². The second-order valence-electron chi connectivity index (χ2n) is 7.82. The van der Waals surface area contributed by atoms with Gasteiger partial charge in [0.1, 0.15) is 6.26 Å². The maximum absolute atomic E-state index is 12.5. The molecule has 138 valence electrons. The van der Waals surface area contributed by atoms with Crippen LogP contribution in [0.5, 0.6) is 0 Å². The molecule has 4 rings (SSSR count). The molecule has 0 bridgehead atoms. The van der Waals surface area contributed by atoms with E-state index in [1.54, 1.807) is 6.07 Å². The summed E-state index contributed by atoms with van der Waals surface area (Å²) in [7, 11) is 0. The molecule has 2 aliphatic heterocycles. The van der Waals surface area contributed by atoms with Crippen LogP contribution < -0.4 is 0 Å². The lowest BCUT2D eigenvalue weighted by Gasteiger charge is -2.50. The number of carbonyl (C=O) groups excluding carboxylic acids is 1. The van der Waals surface area contributed by atoms with Crippen LogP contribution in [0.1, 0.15) is 48.2 Å². The Kier molecular flexibility index (Phi) is 4.81. The first-order valence-electron chi connectivity index (χ1n) is 9.66. The molecule has 5 heteroatoms. The van der Waals surface area contributed by atoms with Crippen LogP contribution in [0, 0.1) is 5.41 Å². The van der Waals surface area contributed by atoms with E-state index < -0.39 is 0 Å². The summed E-state index contributed by atoms with van der Waals surface area (Å²) >= 11 is 0. The molecular formula is C21H27N3O2. The molecule has 5 nitrogen and oxygen atoms in total. The van der Waals surface area contributed by atoms with E-state index in [1.807, 2.05) is 4.90 Å². The highest BCUT2D eigenvalue weighted by Gasteiger charge is 2.42. The topological polar surface area (TPSA) is 49.6 Å². The van der Waals surface area contributed by atoms with Crippen LogP contribution in [-0.2, 0) is 0 Å². The Hall–Kier alpha value is -2.14. The summed E-state index contributed by atoms with van der Waals surface area (Å²) in [6, 6.07) is 12.6. The average molecular weight is 353 g/mol. The molecule has 1 amide bonds. The summed E-state index contributed by atoms with van der Waals surface area (Å²) in [5.41, 5.74) is 2.18. The number of rotatable bonds is 3. The summed E-state index contributed by atoms with van der Waals surface area (Å²) in [5, 5.41) is 3.80. The Morgan fingerprint density at radius 3 is 2.65 bits per heavy atom. The highest BCUT2D eigenvalue weighted by molar-refractivity contribution is 5.92. The van der Waals surface area contributed by atoms with E-state index in [1.165, 1.54) is 18.2 Å². The van der Waals surface area contributed by atoms with Crippen molar-refractivity contribution in [2.75, 3.05) is 32.7 Å². The van der Waals surface area contributed by atoms with Crippen LogP contribution in [0.15, 0.2) is 47.2 Å². The van der Waals surface area contributed by atoms with Crippen molar-refractivity contribution in [1.82, 2.24) is 15.0 Å². The van der Waals surface area contributed by atoms with Crippen LogP contribution >= 0.6 is 0 Å². The normalized spacial score (nSPS) is 23.3. The number of amides is 1.